The molecule has 1 fully saturated rings. The fraction of sp³-hybridized carbons (Fsp3) is 0.321. The van der Waals surface area contributed by atoms with Crippen molar-refractivity contribution in [2.24, 2.45) is 0 Å². The Morgan fingerprint density at radius 2 is 1.92 bits per heavy atom. The molecule has 4 rings (SSSR count). The van der Waals surface area contributed by atoms with E-state index in [9.17, 15) is 18.0 Å². The van der Waals surface area contributed by atoms with Crippen molar-refractivity contribution in [3.8, 4) is 11.8 Å². The summed E-state index contributed by atoms with van der Waals surface area (Å²) in [5.74, 6) is 5.73. The number of halogens is 3. The zero-order valence-electron chi connectivity index (χ0n) is 20.2. The zero-order valence-corrected chi connectivity index (χ0v) is 20.2. The normalized spacial score (nSPS) is 16.3. The molecule has 1 unspecified atom stereocenters. The lowest BCUT2D eigenvalue weighted by molar-refractivity contribution is -0.138. The number of hydrogen-bond acceptors (Lipinski definition) is 5. The molecular formula is C28H27F3N4O. The van der Waals surface area contributed by atoms with Crippen molar-refractivity contribution in [3.05, 3.63) is 94.1 Å². The SMILES string of the molecule is Cc1ccc(C(=O)Cc2ccc(CN3CCNC(C)C3)c(C(F)(F)F)c2)cc1C#Cc1cncnc1. The summed E-state index contributed by atoms with van der Waals surface area (Å²) in [5, 5.41) is 3.30. The summed E-state index contributed by atoms with van der Waals surface area (Å²) in [6, 6.07) is 9.62. The van der Waals surface area contributed by atoms with E-state index in [1.54, 1.807) is 36.7 Å². The van der Waals surface area contributed by atoms with E-state index in [0.29, 0.717) is 35.3 Å². The van der Waals surface area contributed by atoms with Crippen LogP contribution < -0.4 is 5.32 Å². The number of aryl methyl sites for hydroxylation is 1. The van der Waals surface area contributed by atoms with Crippen LogP contribution in [-0.2, 0) is 19.1 Å². The topological polar surface area (TPSA) is 58.1 Å². The Morgan fingerprint density at radius 3 is 2.64 bits per heavy atom. The molecule has 0 spiro atoms. The summed E-state index contributed by atoms with van der Waals surface area (Å²) in [7, 11) is 0. The Kier molecular flexibility index (Phi) is 7.82. The van der Waals surface area contributed by atoms with E-state index in [0.717, 1.165) is 18.2 Å². The quantitative estimate of drug-likeness (QED) is 0.422. The maximum atomic E-state index is 13.9. The summed E-state index contributed by atoms with van der Waals surface area (Å²) < 4.78 is 41.7. The molecule has 1 saturated heterocycles. The van der Waals surface area contributed by atoms with Gasteiger partial charge in [-0.2, -0.15) is 13.2 Å². The van der Waals surface area contributed by atoms with Crippen molar-refractivity contribution < 1.29 is 18.0 Å². The number of Topliss-reactive ketones (excluding diaryl/α,β-unsaturated/α-hetero) is 1. The van der Waals surface area contributed by atoms with Gasteiger partial charge in [-0.05, 0) is 42.7 Å². The molecule has 0 radical (unpaired) electrons. The molecule has 2 aromatic carbocycles. The van der Waals surface area contributed by atoms with Crippen LogP contribution in [0.15, 0.2) is 55.1 Å². The summed E-state index contributed by atoms with van der Waals surface area (Å²) in [6.45, 7) is 6.25. The lowest BCUT2D eigenvalue weighted by atomic mass is 9.96. The van der Waals surface area contributed by atoms with E-state index < -0.39 is 11.7 Å². The molecule has 5 nitrogen and oxygen atoms in total. The number of hydrogen-bond donors (Lipinski definition) is 1. The van der Waals surface area contributed by atoms with E-state index >= 15 is 0 Å². The second-order valence-corrected chi connectivity index (χ2v) is 9.09. The van der Waals surface area contributed by atoms with E-state index in [2.05, 4.69) is 27.1 Å². The molecule has 3 aromatic rings. The van der Waals surface area contributed by atoms with Gasteiger partial charge in [0.2, 0.25) is 0 Å². The van der Waals surface area contributed by atoms with Gasteiger partial charge < -0.3 is 5.32 Å². The fourth-order valence-electron chi connectivity index (χ4n) is 4.25. The highest BCUT2D eigenvalue weighted by Gasteiger charge is 2.34. The molecule has 1 aromatic heterocycles. The monoisotopic (exact) mass is 492 g/mol. The minimum absolute atomic E-state index is 0.128. The number of ketones is 1. The number of alkyl halides is 3. The van der Waals surface area contributed by atoms with Gasteiger partial charge in [0.1, 0.15) is 6.33 Å². The Labute approximate surface area is 208 Å². The van der Waals surface area contributed by atoms with Crippen LogP contribution in [-0.4, -0.2) is 46.3 Å². The van der Waals surface area contributed by atoms with E-state index in [-0.39, 0.29) is 30.4 Å². The maximum Gasteiger partial charge on any atom is 0.416 e. The smallest absolute Gasteiger partial charge is 0.312 e. The minimum Gasteiger partial charge on any atom is -0.312 e. The number of carbonyl (C=O) groups excluding carboxylic acids is 1. The molecule has 1 aliphatic heterocycles. The van der Waals surface area contributed by atoms with E-state index in [4.69, 9.17) is 0 Å². The summed E-state index contributed by atoms with van der Waals surface area (Å²) in [5.41, 5.74) is 2.48. The third-order valence-electron chi connectivity index (χ3n) is 6.15. The first-order valence-corrected chi connectivity index (χ1v) is 11.7. The minimum atomic E-state index is -4.50. The number of aromatic nitrogens is 2. The molecule has 0 saturated carbocycles. The average molecular weight is 493 g/mol. The van der Waals surface area contributed by atoms with Gasteiger partial charge in [-0.1, -0.05) is 36.1 Å². The van der Waals surface area contributed by atoms with Crippen LogP contribution in [0.2, 0.25) is 0 Å². The van der Waals surface area contributed by atoms with Crippen LogP contribution in [0.5, 0.6) is 0 Å². The van der Waals surface area contributed by atoms with Gasteiger partial charge in [0.25, 0.3) is 0 Å². The molecule has 36 heavy (non-hydrogen) atoms. The first-order chi connectivity index (χ1) is 17.2. The number of benzene rings is 2. The van der Waals surface area contributed by atoms with Gasteiger partial charge in [0, 0.05) is 62.2 Å². The van der Waals surface area contributed by atoms with Crippen molar-refractivity contribution in [2.75, 3.05) is 19.6 Å². The largest absolute Gasteiger partial charge is 0.416 e. The first kappa shape index (κ1) is 25.5. The molecule has 1 aliphatic rings. The Balaban J connectivity index is 1.53. The van der Waals surface area contributed by atoms with Crippen LogP contribution in [0, 0.1) is 18.8 Å². The number of rotatable bonds is 5. The van der Waals surface area contributed by atoms with Gasteiger partial charge in [-0.25, -0.2) is 9.97 Å². The van der Waals surface area contributed by atoms with E-state index in [1.807, 2.05) is 18.7 Å². The highest BCUT2D eigenvalue weighted by atomic mass is 19.4. The van der Waals surface area contributed by atoms with Crippen molar-refractivity contribution in [1.82, 2.24) is 20.2 Å². The van der Waals surface area contributed by atoms with Crippen LogP contribution in [0.25, 0.3) is 0 Å². The standard InChI is InChI=1S/C28H27F3N4O/c1-19-3-6-24(13-23(19)7-5-22-14-32-18-33-15-22)27(36)12-21-4-8-25(26(11-21)28(29,30)31)17-35-10-9-34-20(2)16-35/h3-4,6,8,11,13-15,18,20,34H,9-10,12,16-17H2,1-2H3. The van der Waals surface area contributed by atoms with Crippen LogP contribution in [0.3, 0.4) is 0 Å². The summed E-state index contributed by atoms with van der Waals surface area (Å²) in [4.78, 5) is 22.9. The lowest BCUT2D eigenvalue weighted by Crippen LogP contribution is -2.48. The molecule has 0 bridgehead atoms. The summed E-state index contributed by atoms with van der Waals surface area (Å²) >= 11 is 0. The number of carbonyl (C=O) groups is 1. The van der Waals surface area contributed by atoms with Crippen LogP contribution in [0.4, 0.5) is 13.2 Å². The van der Waals surface area contributed by atoms with Gasteiger partial charge in [0.15, 0.2) is 5.78 Å². The van der Waals surface area contributed by atoms with Crippen molar-refractivity contribution in [2.45, 2.75) is 39.0 Å². The highest BCUT2D eigenvalue weighted by Crippen LogP contribution is 2.34. The average Bonchev–Trinajstić information content (AvgIpc) is 2.84. The predicted molar refractivity (Wildman–Crippen MR) is 131 cm³/mol. The molecule has 186 valence electrons. The van der Waals surface area contributed by atoms with E-state index in [1.165, 1.54) is 12.4 Å². The summed E-state index contributed by atoms with van der Waals surface area (Å²) in [6.07, 6.45) is -0.0274. The predicted octanol–water partition coefficient (Wildman–Crippen LogP) is 4.42. The first-order valence-electron chi connectivity index (χ1n) is 11.7. The molecule has 0 aliphatic carbocycles. The number of nitrogens with one attached hydrogen (secondary N) is 1. The second kappa shape index (κ2) is 11.0. The maximum absolute atomic E-state index is 13.9. The molecule has 8 heteroatoms. The molecule has 2 heterocycles. The van der Waals surface area contributed by atoms with Crippen LogP contribution in [0.1, 0.15) is 50.7 Å². The van der Waals surface area contributed by atoms with Crippen molar-refractivity contribution in [1.29, 1.82) is 0 Å². The third-order valence-corrected chi connectivity index (χ3v) is 6.15. The highest BCUT2D eigenvalue weighted by molar-refractivity contribution is 5.98. The van der Waals surface area contributed by atoms with Gasteiger partial charge in [-0.15, -0.1) is 0 Å². The Bertz CT molecular complexity index is 1300. The van der Waals surface area contributed by atoms with Crippen molar-refractivity contribution >= 4 is 5.78 Å². The molecule has 1 N–H and O–H groups in total. The van der Waals surface area contributed by atoms with Gasteiger partial charge in [0.05, 0.1) is 11.1 Å². The molecule has 0 amide bonds. The van der Waals surface area contributed by atoms with Gasteiger partial charge >= 0.3 is 6.18 Å². The lowest BCUT2D eigenvalue weighted by Gasteiger charge is -2.32. The Hall–Kier alpha value is -3.54. The third kappa shape index (κ3) is 6.56. The fourth-order valence-corrected chi connectivity index (χ4v) is 4.25. The number of piperazine rings is 1. The molecule has 1 atom stereocenters. The Morgan fingerprint density at radius 1 is 1.14 bits per heavy atom. The number of nitrogens with zero attached hydrogens (tertiary/aromatic N) is 3. The second-order valence-electron chi connectivity index (χ2n) is 9.09. The molecular weight excluding hydrogens is 465 g/mol. The van der Waals surface area contributed by atoms with Crippen LogP contribution >= 0.6 is 0 Å². The van der Waals surface area contributed by atoms with Gasteiger partial charge in [-0.3, -0.25) is 9.69 Å². The zero-order chi connectivity index (χ0) is 25.7. The van der Waals surface area contributed by atoms with Crippen molar-refractivity contribution in [3.63, 3.8) is 0 Å².